The molecule has 0 saturated heterocycles. The second kappa shape index (κ2) is 5.61. The normalized spacial score (nSPS) is 16.7. The lowest BCUT2D eigenvalue weighted by Crippen LogP contribution is -2.26. The van der Waals surface area contributed by atoms with Gasteiger partial charge in [0.1, 0.15) is 4.88 Å². The largest absolute Gasteiger partial charge is 0.397 e. The first-order valence-electron chi connectivity index (χ1n) is 6.48. The first kappa shape index (κ1) is 13.2. The molecule has 1 fully saturated rings. The van der Waals surface area contributed by atoms with E-state index in [2.05, 4.69) is 11.9 Å². The first-order valence-corrected chi connectivity index (χ1v) is 7.30. The smallest absolute Gasteiger partial charge is 0.260 e. The van der Waals surface area contributed by atoms with E-state index in [1.54, 1.807) is 0 Å². The van der Waals surface area contributed by atoms with Gasteiger partial charge in [-0.25, -0.2) is 0 Å². The monoisotopic (exact) mass is 267 g/mol. The summed E-state index contributed by atoms with van der Waals surface area (Å²) in [7, 11) is 2.06. The summed E-state index contributed by atoms with van der Waals surface area (Å²) in [6.07, 6.45) is 6.69. The van der Waals surface area contributed by atoms with Crippen LogP contribution < -0.4 is 16.4 Å². The summed E-state index contributed by atoms with van der Waals surface area (Å²) in [5.41, 5.74) is 11.6. The average Bonchev–Trinajstić information content (AvgIpc) is 2.73. The predicted octanol–water partition coefficient (Wildman–Crippen LogP) is 2.45. The number of carbonyl (C=O) groups excluding carboxylic acids is 1. The third-order valence-electron chi connectivity index (χ3n) is 3.60. The van der Waals surface area contributed by atoms with E-state index in [-0.39, 0.29) is 0 Å². The predicted molar refractivity (Wildman–Crippen MR) is 77.1 cm³/mol. The Hall–Kier alpha value is -1.23. The molecule has 1 aromatic rings. The Morgan fingerprint density at radius 3 is 2.67 bits per heavy atom. The summed E-state index contributed by atoms with van der Waals surface area (Å²) < 4.78 is 0. The van der Waals surface area contributed by atoms with Gasteiger partial charge in [0.2, 0.25) is 0 Å². The van der Waals surface area contributed by atoms with Crippen LogP contribution in [0.3, 0.4) is 0 Å². The molecule has 0 unspecified atom stereocenters. The van der Waals surface area contributed by atoms with Crippen molar-refractivity contribution in [2.75, 3.05) is 24.2 Å². The van der Waals surface area contributed by atoms with Crippen molar-refractivity contribution in [2.45, 2.75) is 32.1 Å². The summed E-state index contributed by atoms with van der Waals surface area (Å²) in [6, 6.07) is 1.85. The molecule has 18 heavy (non-hydrogen) atoms. The van der Waals surface area contributed by atoms with Crippen LogP contribution in [0.25, 0.3) is 0 Å². The van der Waals surface area contributed by atoms with Crippen LogP contribution in [0.15, 0.2) is 6.07 Å². The molecular formula is C13H21N3OS. The fraction of sp³-hybridized carbons (Fsp3) is 0.615. The van der Waals surface area contributed by atoms with E-state index in [0.717, 1.165) is 17.5 Å². The van der Waals surface area contributed by atoms with Crippen LogP contribution in [-0.4, -0.2) is 19.5 Å². The number of hydrogen-bond acceptors (Lipinski definition) is 4. The zero-order valence-electron chi connectivity index (χ0n) is 10.8. The number of nitrogen functional groups attached to an aromatic ring is 1. The number of carbonyl (C=O) groups is 1. The quantitative estimate of drug-likeness (QED) is 0.880. The minimum atomic E-state index is -0.435. The van der Waals surface area contributed by atoms with E-state index in [4.69, 9.17) is 11.5 Å². The lowest BCUT2D eigenvalue weighted by Gasteiger charge is -2.27. The zero-order valence-corrected chi connectivity index (χ0v) is 11.6. The van der Waals surface area contributed by atoms with E-state index in [1.807, 2.05) is 6.07 Å². The van der Waals surface area contributed by atoms with Gasteiger partial charge in [0.05, 0.1) is 10.7 Å². The van der Waals surface area contributed by atoms with Crippen LogP contribution in [0.4, 0.5) is 10.7 Å². The summed E-state index contributed by atoms with van der Waals surface area (Å²) in [5.74, 6) is 0.332. The summed E-state index contributed by atoms with van der Waals surface area (Å²) in [6.45, 7) is 1.04. The molecule has 0 atom stereocenters. The maximum atomic E-state index is 11.2. The van der Waals surface area contributed by atoms with Gasteiger partial charge >= 0.3 is 0 Å². The average molecular weight is 267 g/mol. The molecule has 1 amide bonds. The highest BCUT2D eigenvalue weighted by Gasteiger charge is 2.18. The molecule has 1 aliphatic carbocycles. The topological polar surface area (TPSA) is 72.3 Å². The summed E-state index contributed by atoms with van der Waals surface area (Å²) in [5, 5.41) is 1.03. The van der Waals surface area contributed by atoms with Crippen molar-refractivity contribution in [3.63, 3.8) is 0 Å². The number of rotatable bonds is 4. The molecule has 2 rings (SSSR count). The van der Waals surface area contributed by atoms with Crippen LogP contribution >= 0.6 is 11.3 Å². The Balaban J connectivity index is 2.01. The highest BCUT2D eigenvalue weighted by Crippen LogP contribution is 2.33. The standard InChI is InChI=1S/C13H21N3OS/c1-16(8-9-5-3-2-4-6-9)11-7-10(14)12(18-11)13(15)17/h7,9H,2-6,8,14H2,1H3,(H2,15,17). The van der Waals surface area contributed by atoms with E-state index in [1.165, 1.54) is 43.4 Å². The number of amides is 1. The number of nitrogens with two attached hydrogens (primary N) is 2. The van der Waals surface area contributed by atoms with Crippen LogP contribution in [-0.2, 0) is 0 Å². The second-order valence-corrected chi connectivity index (χ2v) is 6.15. The summed E-state index contributed by atoms with van der Waals surface area (Å²) >= 11 is 1.39. The van der Waals surface area contributed by atoms with Gasteiger partial charge in [0, 0.05) is 13.6 Å². The molecule has 4 N–H and O–H groups in total. The van der Waals surface area contributed by atoms with Crippen molar-refractivity contribution in [1.82, 2.24) is 0 Å². The molecule has 1 aromatic heterocycles. The molecule has 100 valence electrons. The Labute approximate surface area is 112 Å². The highest BCUT2D eigenvalue weighted by molar-refractivity contribution is 7.18. The van der Waals surface area contributed by atoms with Gasteiger partial charge in [0.25, 0.3) is 5.91 Å². The van der Waals surface area contributed by atoms with Crippen molar-refractivity contribution in [3.05, 3.63) is 10.9 Å². The molecule has 0 aliphatic heterocycles. The maximum absolute atomic E-state index is 11.2. The number of nitrogens with zero attached hydrogens (tertiary/aromatic N) is 1. The number of primary amides is 1. The Kier molecular flexibility index (Phi) is 4.11. The van der Waals surface area contributed by atoms with E-state index >= 15 is 0 Å². The van der Waals surface area contributed by atoms with Crippen LogP contribution in [0, 0.1) is 5.92 Å². The molecule has 5 heteroatoms. The molecule has 1 aliphatic rings. The Bertz CT molecular complexity index is 424. The Morgan fingerprint density at radius 2 is 2.11 bits per heavy atom. The van der Waals surface area contributed by atoms with E-state index in [0.29, 0.717) is 10.6 Å². The number of thiophene rings is 1. The first-order chi connectivity index (χ1) is 8.58. The lowest BCUT2D eigenvalue weighted by atomic mass is 9.89. The minimum absolute atomic E-state index is 0.435. The molecule has 0 radical (unpaired) electrons. The van der Waals surface area contributed by atoms with Crippen LogP contribution in [0.1, 0.15) is 41.8 Å². The summed E-state index contributed by atoms with van der Waals surface area (Å²) in [4.78, 5) is 13.9. The molecular weight excluding hydrogens is 246 g/mol. The second-order valence-electron chi connectivity index (χ2n) is 5.12. The van der Waals surface area contributed by atoms with Crippen LogP contribution in [0.5, 0.6) is 0 Å². The van der Waals surface area contributed by atoms with Gasteiger partial charge in [-0.1, -0.05) is 19.3 Å². The minimum Gasteiger partial charge on any atom is -0.397 e. The van der Waals surface area contributed by atoms with Gasteiger partial charge in [-0.15, -0.1) is 11.3 Å². The van der Waals surface area contributed by atoms with E-state index in [9.17, 15) is 4.79 Å². The molecule has 0 aromatic carbocycles. The van der Waals surface area contributed by atoms with E-state index < -0.39 is 5.91 Å². The van der Waals surface area contributed by atoms with Crippen molar-refractivity contribution in [3.8, 4) is 0 Å². The SMILES string of the molecule is CN(CC1CCCCC1)c1cc(N)c(C(N)=O)s1. The third kappa shape index (κ3) is 2.96. The van der Waals surface area contributed by atoms with Crippen molar-refractivity contribution >= 4 is 27.9 Å². The highest BCUT2D eigenvalue weighted by atomic mass is 32.1. The maximum Gasteiger partial charge on any atom is 0.260 e. The van der Waals surface area contributed by atoms with Crippen LogP contribution in [0.2, 0.25) is 0 Å². The fourth-order valence-electron chi connectivity index (χ4n) is 2.62. The van der Waals surface area contributed by atoms with Crippen molar-refractivity contribution in [1.29, 1.82) is 0 Å². The van der Waals surface area contributed by atoms with Gasteiger partial charge in [-0.2, -0.15) is 0 Å². The van der Waals surface area contributed by atoms with Gasteiger partial charge in [0.15, 0.2) is 0 Å². The third-order valence-corrected chi connectivity index (χ3v) is 4.88. The van der Waals surface area contributed by atoms with Crippen molar-refractivity contribution in [2.24, 2.45) is 11.7 Å². The van der Waals surface area contributed by atoms with Gasteiger partial charge in [-0.3, -0.25) is 4.79 Å². The fourth-order valence-corrected chi connectivity index (χ4v) is 3.52. The molecule has 0 spiro atoms. The molecule has 0 bridgehead atoms. The van der Waals surface area contributed by atoms with Gasteiger partial charge < -0.3 is 16.4 Å². The Morgan fingerprint density at radius 1 is 1.44 bits per heavy atom. The molecule has 1 heterocycles. The zero-order chi connectivity index (χ0) is 13.1. The number of anilines is 2. The number of hydrogen-bond donors (Lipinski definition) is 2. The lowest BCUT2D eigenvalue weighted by molar-refractivity contribution is 0.100. The van der Waals surface area contributed by atoms with Gasteiger partial charge in [-0.05, 0) is 24.8 Å². The molecule has 4 nitrogen and oxygen atoms in total. The van der Waals surface area contributed by atoms with Crippen molar-refractivity contribution < 1.29 is 4.79 Å². The molecule has 1 saturated carbocycles.